The van der Waals surface area contributed by atoms with Crippen molar-refractivity contribution in [3.05, 3.63) is 116 Å². The molecular weight excluding hydrogens is 733 g/mol. The highest BCUT2D eigenvalue weighted by molar-refractivity contribution is 6.35. The Balaban J connectivity index is 1.30. The van der Waals surface area contributed by atoms with Gasteiger partial charge in [-0.2, -0.15) is 4.73 Å². The maximum atomic E-state index is 14.3. The number of aromatic nitrogens is 1. The highest BCUT2D eigenvalue weighted by atomic mass is 35.5. The van der Waals surface area contributed by atoms with Crippen molar-refractivity contribution in [1.82, 2.24) is 4.90 Å². The molecule has 1 amide bonds. The van der Waals surface area contributed by atoms with Crippen LogP contribution in [-0.4, -0.2) is 68.6 Å². The van der Waals surface area contributed by atoms with Gasteiger partial charge in [0.05, 0.1) is 38.6 Å². The summed E-state index contributed by atoms with van der Waals surface area (Å²) >= 11 is 13.2. The Hall–Kier alpha value is -4.71. The van der Waals surface area contributed by atoms with Gasteiger partial charge in [0, 0.05) is 18.0 Å². The Morgan fingerprint density at radius 2 is 1.67 bits per heavy atom. The van der Waals surface area contributed by atoms with Gasteiger partial charge in [0.25, 0.3) is 0 Å². The molecule has 4 aromatic rings. The van der Waals surface area contributed by atoms with Crippen LogP contribution in [0.4, 0.5) is 10.5 Å². The van der Waals surface area contributed by atoms with E-state index in [1.807, 2.05) is 30.3 Å². The van der Waals surface area contributed by atoms with E-state index in [1.54, 1.807) is 35.2 Å². The van der Waals surface area contributed by atoms with Crippen LogP contribution < -0.4 is 23.8 Å². The number of anilines is 1. The van der Waals surface area contributed by atoms with E-state index >= 15 is 0 Å². The molecule has 3 aromatic carbocycles. The first-order chi connectivity index (χ1) is 26.1. The third-order valence-electron chi connectivity index (χ3n) is 10.7. The molecule has 0 radical (unpaired) electrons. The molecule has 284 valence electrons. The molecule has 2 atom stereocenters. The number of rotatable bonds is 14. The van der Waals surface area contributed by atoms with E-state index in [1.165, 1.54) is 26.6 Å². The number of ether oxygens (including phenoxy) is 4. The monoisotopic (exact) mass is 775 g/mol. The summed E-state index contributed by atoms with van der Waals surface area (Å²) in [7, 11) is 3.05. The lowest BCUT2D eigenvalue weighted by atomic mass is 9.82. The molecule has 0 unspecified atom stereocenters. The minimum atomic E-state index is -1.14. The third-order valence-corrected chi connectivity index (χ3v) is 11.4. The summed E-state index contributed by atoms with van der Waals surface area (Å²) in [6.45, 7) is 3.35. The molecule has 4 fully saturated rings. The zero-order valence-electron chi connectivity index (χ0n) is 30.2. The second kappa shape index (κ2) is 16.3. The summed E-state index contributed by atoms with van der Waals surface area (Å²) in [6, 6.07) is 17.9. The second-order valence-corrected chi connectivity index (χ2v) is 15.1. The number of para-hydroxylation sites is 2. The molecule has 3 aliphatic heterocycles. The minimum absolute atomic E-state index is 0.0511. The molecular formula is C41H43Cl2N3O8. The van der Waals surface area contributed by atoms with Gasteiger partial charge in [0.15, 0.2) is 23.9 Å². The summed E-state index contributed by atoms with van der Waals surface area (Å²) in [5.74, 6) is 0.533. The highest BCUT2D eigenvalue weighted by Crippen LogP contribution is 2.40. The lowest BCUT2D eigenvalue weighted by molar-refractivity contribution is -0.605. The third kappa shape index (κ3) is 8.33. The zero-order chi connectivity index (χ0) is 37.9. The van der Waals surface area contributed by atoms with Gasteiger partial charge in [-0.1, -0.05) is 53.5 Å². The van der Waals surface area contributed by atoms with Gasteiger partial charge < -0.3 is 29.3 Å². The van der Waals surface area contributed by atoms with Crippen LogP contribution in [0.3, 0.4) is 0 Å². The number of hydrogen-bond donors (Lipinski definition) is 1. The Morgan fingerprint density at radius 3 is 2.31 bits per heavy atom. The number of amides is 1. The summed E-state index contributed by atoms with van der Waals surface area (Å²) < 4.78 is 24.2. The SMILES string of the molecule is COc1ccc([C@H](Cc2c(Cl)c[n+]([O-])cc2Cl)c2cc(CN(C(=O)O[C@H]3CN4CCC3CC4)c3ccccc3OCC3CC3)ccc2C(=O)O)cc1OC. The Labute approximate surface area is 324 Å². The highest BCUT2D eigenvalue weighted by Gasteiger charge is 2.38. The summed E-state index contributed by atoms with van der Waals surface area (Å²) in [5.41, 5.74) is 2.88. The smallest absolute Gasteiger partial charge is 0.415 e. The van der Waals surface area contributed by atoms with E-state index in [0.717, 1.165) is 38.8 Å². The number of carboxylic acid groups (broad SMARTS) is 1. The molecule has 8 rings (SSSR count). The van der Waals surface area contributed by atoms with Crippen LogP contribution >= 0.6 is 23.2 Å². The molecule has 1 saturated carbocycles. The van der Waals surface area contributed by atoms with Crippen LogP contribution in [0.1, 0.15) is 64.2 Å². The lowest BCUT2D eigenvalue weighted by Crippen LogP contribution is -2.53. The van der Waals surface area contributed by atoms with E-state index in [2.05, 4.69) is 4.90 Å². The average molecular weight is 777 g/mol. The number of aromatic carboxylic acids is 1. The number of carbonyl (C=O) groups is 2. The summed E-state index contributed by atoms with van der Waals surface area (Å²) in [5, 5.41) is 23.0. The second-order valence-electron chi connectivity index (χ2n) is 14.3. The van der Waals surface area contributed by atoms with Gasteiger partial charge >= 0.3 is 12.1 Å². The molecule has 1 N–H and O–H groups in total. The van der Waals surface area contributed by atoms with Crippen LogP contribution in [0.15, 0.2) is 73.1 Å². The van der Waals surface area contributed by atoms with Gasteiger partial charge in [-0.15, -0.1) is 0 Å². The number of fused-ring (bicyclic) bond motifs is 3. The maximum Gasteiger partial charge on any atom is 0.415 e. The first-order valence-electron chi connectivity index (χ1n) is 18.2. The molecule has 0 spiro atoms. The summed E-state index contributed by atoms with van der Waals surface area (Å²) in [6.07, 6.45) is 6.05. The van der Waals surface area contributed by atoms with Crippen molar-refractivity contribution in [2.75, 3.05) is 45.4 Å². The summed E-state index contributed by atoms with van der Waals surface area (Å²) in [4.78, 5) is 31.1. The molecule has 3 saturated heterocycles. The quantitative estimate of drug-likeness (QED) is 0.101. The fraction of sp³-hybridized carbons (Fsp3) is 0.390. The van der Waals surface area contributed by atoms with Crippen molar-refractivity contribution in [3.63, 3.8) is 0 Å². The van der Waals surface area contributed by atoms with E-state index in [-0.39, 0.29) is 34.7 Å². The Morgan fingerprint density at radius 1 is 0.944 bits per heavy atom. The predicted molar refractivity (Wildman–Crippen MR) is 204 cm³/mol. The molecule has 4 heterocycles. The van der Waals surface area contributed by atoms with Crippen molar-refractivity contribution in [3.8, 4) is 17.2 Å². The zero-order valence-corrected chi connectivity index (χ0v) is 31.7. The van der Waals surface area contributed by atoms with Crippen LogP contribution in [0, 0.1) is 17.0 Å². The minimum Gasteiger partial charge on any atom is -0.619 e. The van der Waals surface area contributed by atoms with E-state index in [4.69, 9.17) is 42.1 Å². The van der Waals surface area contributed by atoms with Gasteiger partial charge in [-0.3, -0.25) is 9.80 Å². The van der Waals surface area contributed by atoms with Crippen LogP contribution in [0.25, 0.3) is 0 Å². The molecule has 54 heavy (non-hydrogen) atoms. The standard InChI is InChI=1S/C41H43Cl2N3O8/c1-51-37-12-10-28(18-38(37)52-2)30(19-32-33(42)21-45(50)22-34(32)43)31-17-26(9-11-29(31)40(47)48)20-46(35-5-3-4-6-36(35)53-24-25-7-8-25)41(49)54-39-23-44-15-13-27(39)14-16-44/h3-6,9-12,17-18,21-22,25,27,30,39H,7-8,13-16,19-20,23-24H2,1-2H3,(H,47,48)/t30-,39-/m0/s1. The Kier molecular flexibility index (Phi) is 11.4. The molecule has 2 bridgehead atoms. The topological polar surface area (TPSA) is 125 Å². The molecule has 1 aromatic heterocycles. The first kappa shape index (κ1) is 37.6. The normalized spacial score (nSPS) is 19.5. The number of benzene rings is 3. The van der Waals surface area contributed by atoms with Gasteiger partial charge in [0.2, 0.25) is 0 Å². The van der Waals surface area contributed by atoms with Crippen molar-refractivity contribution in [2.24, 2.45) is 11.8 Å². The molecule has 11 nitrogen and oxygen atoms in total. The number of hydrogen-bond acceptors (Lipinski definition) is 8. The average Bonchev–Trinajstić information content (AvgIpc) is 4.01. The number of carboxylic acids is 1. The fourth-order valence-corrected chi connectivity index (χ4v) is 8.16. The van der Waals surface area contributed by atoms with E-state index in [9.17, 15) is 19.9 Å². The number of halogens is 2. The van der Waals surface area contributed by atoms with Crippen molar-refractivity contribution < 1.29 is 38.4 Å². The van der Waals surface area contributed by atoms with Crippen LogP contribution in [-0.2, 0) is 17.7 Å². The number of carbonyl (C=O) groups excluding carboxylic acids is 1. The Bertz CT molecular complexity index is 1990. The first-order valence-corrected chi connectivity index (χ1v) is 18.9. The van der Waals surface area contributed by atoms with E-state index in [0.29, 0.717) is 74.9 Å². The van der Waals surface area contributed by atoms with Crippen molar-refractivity contribution in [2.45, 2.75) is 50.7 Å². The van der Waals surface area contributed by atoms with Gasteiger partial charge in [-0.25, -0.2) is 9.59 Å². The predicted octanol–water partition coefficient (Wildman–Crippen LogP) is 7.74. The van der Waals surface area contributed by atoms with Crippen molar-refractivity contribution >= 4 is 41.0 Å². The number of nitrogens with zero attached hydrogens (tertiary/aromatic N) is 3. The van der Waals surface area contributed by atoms with E-state index < -0.39 is 18.0 Å². The van der Waals surface area contributed by atoms with Gasteiger partial charge in [0.1, 0.15) is 21.9 Å². The molecule has 4 aliphatic rings. The number of piperidine rings is 3. The largest absolute Gasteiger partial charge is 0.619 e. The number of pyridine rings is 1. The molecule has 1 aliphatic carbocycles. The number of methoxy groups -OCH3 is 2. The van der Waals surface area contributed by atoms with Crippen LogP contribution in [0.2, 0.25) is 10.0 Å². The molecule has 13 heteroatoms. The van der Waals surface area contributed by atoms with Crippen LogP contribution in [0.5, 0.6) is 17.2 Å². The maximum absolute atomic E-state index is 14.3. The van der Waals surface area contributed by atoms with Crippen molar-refractivity contribution in [1.29, 1.82) is 0 Å². The fourth-order valence-electron chi connectivity index (χ4n) is 7.56. The lowest BCUT2D eigenvalue weighted by Gasteiger charge is -2.44. The van der Waals surface area contributed by atoms with Gasteiger partial charge in [-0.05, 0) is 104 Å².